The zero-order valence-corrected chi connectivity index (χ0v) is 13.2. The van der Waals surface area contributed by atoms with Gasteiger partial charge in [-0.25, -0.2) is 0 Å². The maximum Gasteiger partial charge on any atom is 0.223 e. The molecular weight excluding hydrogens is 288 g/mol. The van der Waals surface area contributed by atoms with Crippen molar-refractivity contribution < 1.29 is 9.59 Å². The van der Waals surface area contributed by atoms with Crippen LogP contribution in [0, 0.1) is 5.92 Å². The molecule has 4 nitrogen and oxygen atoms in total. The van der Waals surface area contributed by atoms with Crippen LogP contribution < -0.4 is 5.32 Å². The second-order valence-electron chi connectivity index (χ2n) is 5.34. The van der Waals surface area contributed by atoms with E-state index in [1.165, 1.54) is 0 Å². The summed E-state index contributed by atoms with van der Waals surface area (Å²) in [6, 6.07) is 9.17. The van der Waals surface area contributed by atoms with E-state index in [1.807, 2.05) is 30.1 Å². The number of amides is 1. The highest BCUT2D eigenvalue weighted by Gasteiger charge is 2.25. The minimum Gasteiger partial charge on any atom is -0.342 e. The highest BCUT2D eigenvalue weighted by molar-refractivity contribution is 5.97. The molecule has 0 bridgehead atoms. The van der Waals surface area contributed by atoms with Crippen LogP contribution in [0.2, 0.25) is 0 Å². The van der Waals surface area contributed by atoms with Gasteiger partial charge in [-0.3, -0.25) is 9.59 Å². The Kier molecular flexibility index (Phi) is 7.40. The molecule has 1 aliphatic heterocycles. The Hall–Kier alpha value is -1.39. The van der Waals surface area contributed by atoms with Crippen LogP contribution in [0.1, 0.15) is 29.6 Å². The zero-order chi connectivity index (χ0) is 14.4. The van der Waals surface area contributed by atoms with Crippen LogP contribution >= 0.6 is 12.4 Å². The first-order chi connectivity index (χ1) is 9.70. The normalized spacial score (nSPS) is 17.4. The van der Waals surface area contributed by atoms with Gasteiger partial charge in [0.15, 0.2) is 5.78 Å². The number of benzene rings is 1. The van der Waals surface area contributed by atoms with Crippen LogP contribution in [-0.4, -0.2) is 43.3 Å². The molecule has 116 valence electrons. The fourth-order valence-electron chi connectivity index (χ4n) is 2.66. The minimum atomic E-state index is 0. The van der Waals surface area contributed by atoms with Gasteiger partial charge in [-0.1, -0.05) is 30.3 Å². The molecule has 1 aliphatic rings. The van der Waals surface area contributed by atoms with Gasteiger partial charge in [0.05, 0.1) is 0 Å². The fourth-order valence-corrected chi connectivity index (χ4v) is 2.66. The summed E-state index contributed by atoms with van der Waals surface area (Å²) in [5, 5.41) is 3.15. The number of Topliss-reactive ketones (excluding diaryl/α,β-unsaturated/α-hetero) is 1. The van der Waals surface area contributed by atoms with Crippen LogP contribution in [0.4, 0.5) is 0 Å². The molecule has 0 aliphatic carbocycles. The predicted octanol–water partition coefficient (Wildman–Crippen LogP) is 2.14. The molecular formula is C16H23ClN2O2. The number of ketones is 1. The van der Waals surface area contributed by atoms with Crippen molar-refractivity contribution >= 4 is 24.1 Å². The van der Waals surface area contributed by atoms with E-state index in [1.54, 1.807) is 12.1 Å². The van der Waals surface area contributed by atoms with Crippen LogP contribution in [0.3, 0.4) is 0 Å². The van der Waals surface area contributed by atoms with Gasteiger partial charge < -0.3 is 10.2 Å². The Morgan fingerprint density at radius 2 is 1.95 bits per heavy atom. The first kappa shape index (κ1) is 17.7. The highest BCUT2D eigenvalue weighted by Crippen LogP contribution is 2.17. The van der Waals surface area contributed by atoms with Crippen LogP contribution in [0.25, 0.3) is 0 Å². The summed E-state index contributed by atoms with van der Waals surface area (Å²) in [6.45, 7) is 2.59. The number of carbonyl (C=O) groups excluding carboxylic acids is 2. The van der Waals surface area contributed by atoms with E-state index in [9.17, 15) is 9.59 Å². The topological polar surface area (TPSA) is 49.4 Å². The van der Waals surface area contributed by atoms with E-state index >= 15 is 0 Å². The van der Waals surface area contributed by atoms with E-state index in [-0.39, 0.29) is 24.1 Å². The summed E-state index contributed by atoms with van der Waals surface area (Å²) in [5.41, 5.74) is 0.690. The second kappa shape index (κ2) is 8.80. The van der Waals surface area contributed by atoms with E-state index in [0.29, 0.717) is 24.3 Å². The lowest BCUT2D eigenvalue weighted by Crippen LogP contribution is -2.30. The van der Waals surface area contributed by atoms with Gasteiger partial charge in [-0.05, 0) is 25.9 Å². The molecule has 1 aromatic carbocycles. The third-order valence-electron chi connectivity index (χ3n) is 3.79. The molecule has 0 aromatic heterocycles. The largest absolute Gasteiger partial charge is 0.342 e. The standard InChI is InChI=1S/C16H22N2O2.ClH/c1-17-11-13-9-10-18(12-13)16(20)8-7-15(19)14-5-3-2-4-6-14;/h2-6,13,17H,7-12H2,1H3;1H. The molecule has 1 aromatic rings. The SMILES string of the molecule is CNCC1CCN(C(=O)CCC(=O)c2ccccc2)C1.Cl. The summed E-state index contributed by atoms with van der Waals surface area (Å²) >= 11 is 0. The molecule has 1 fully saturated rings. The smallest absolute Gasteiger partial charge is 0.223 e. The number of hydrogen-bond donors (Lipinski definition) is 1. The number of rotatable bonds is 6. The van der Waals surface area contributed by atoms with Crippen LogP contribution in [0.5, 0.6) is 0 Å². The summed E-state index contributed by atoms with van der Waals surface area (Å²) in [5.74, 6) is 0.701. The Morgan fingerprint density at radius 1 is 1.24 bits per heavy atom. The average molecular weight is 311 g/mol. The lowest BCUT2D eigenvalue weighted by atomic mass is 10.1. The molecule has 1 N–H and O–H groups in total. The second-order valence-corrected chi connectivity index (χ2v) is 5.34. The average Bonchev–Trinajstić information content (AvgIpc) is 2.94. The Bertz CT molecular complexity index is 465. The number of nitrogens with zero attached hydrogens (tertiary/aromatic N) is 1. The molecule has 0 radical (unpaired) electrons. The molecule has 0 saturated carbocycles. The number of likely N-dealkylation sites (tertiary alicyclic amines) is 1. The Labute approximate surface area is 132 Å². The van der Waals surface area contributed by atoms with Crippen LogP contribution in [0.15, 0.2) is 30.3 Å². The van der Waals surface area contributed by atoms with Gasteiger partial charge in [-0.2, -0.15) is 0 Å². The van der Waals surface area contributed by atoms with Gasteiger partial charge in [0.25, 0.3) is 0 Å². The molecule has 1 saturated heterocycles. The molecule has 21 heavy (non-hydrogen) atoms. The number of nitrogens with one attached hydrogen (secondary N) is 1. The third-order valence-corrected chi connectivity index (χ3v) is 3.79. The van der Waals surface area contributed by atoms with Crippen molar-refractivity contribution in [3.63, 3.8) is 0 Å². The van der Waals surface area contributed by atoms with Crippen molar-refractivity contribution in [3.8, 4) is 0 Å². The van der Waals surface area contributed by atoms with Crippen LogP contribution in [-0.2, 0) is 4.79 Å². The number of halogens is 1. The van der Waals surface area contributed by atoms with Gasteiger partial charge in [0.2, 0.25) is 5.91 Å². The third kappa shape index (κ3) is 5.14. The highest BCUT2D eigenvalue weighted by atomic mass is 35.5. The number of carbonyl (C=O) groups is 2. The summed E-state index contributed by atoms with van der Waals surface area (Å²) in [6.07, 6.45) is 1.68. The monoisotopic (exact) mass is 310 g/mol. The molecule has 1 unspecified atom stereocenters. The summed E-state index contributed by atoms with van der Waals surface area (Å²) in [4.78, 5) is 25.9. The number of hydrogen-bond acceptors (Lipinski definition) is 3. The van der Waals surface area contributed by atoms with Crippen molar-refractivity contribution in [2.24, 2.45) is 5.92 Å². The molecule has 1 atom stereocenters. The van der Waals surface area contributed by atoms with E-state index in [2.05, 4.69) is 5.32 Å². The van der Waals surface area contributed by atoms with E-state index < -0.39 is 0 Å². The first-order valence-electron chi connectivity index (χ1n) is 7.21. The lowest BCUT2D eigenvalue weighted by Gasteiger charge is -2.16. The zero-order valence-electron chi connectivity index (χ0n) is 12.4. The predicted molar refractivity (Wildman–Crippen MR) is 85.9 cm³/mol. The van der Waals surface area contributed by atoms with E-state index in [0.717, 1.165) is 26.1 Å². The quantitative estimate of drug-likeness (QED) is 0.819. The first-order valence-corrected chi connectivity index (χ1v) is 7.21. The van der Waals surface area contributed by atoms with Gasteiger partial charge in [-0.15, -0.1) is 12.4 Å². The van der Waals surface area contributed by atoms with Gasteiger partial charge in [0.1, 0.15) is 0 Å². The lowest BCUT2D eigenvalue weighted by molar-refractivity contribution is -0.130. The van der Waals surface area contributed by atoms with Crippen molar-refractivity contribution in [1.82, 2.24) is 10.2 Å². The molecule has 2 rings (SSSR count). The van der Waals surface area contributed by atoms with Crippen molar-refractivity contribution in [3.05, 3.63) is 35.9 Å². The molecule has 0 spiro atoms. The summed E-state index contributed by atoms with van der Waals surface area (Å²) < 4.78 is 0. The maximum atomic E-state index is 12.1. The van der Waals surface area contributed by atoms with Gasteiger partial charge >= 0.3 is 0 Å². The fraction of sp³-hybridized carbons (Fsp3) is 0.500. The summed E-state index contributed by atoms with van der Waals surface area (Å²) in [7, 11) is 1.93. The Morgan fingerprint density at radius 3 is 2.62 bits per heavy atom. The Balaban J connectivity index is 0.00000220. The molecule has 5 heteroatoms. The molecule has 1 amide bonds. The van der Waals surface area contributed by atoms with Crippen molar-refractivity contribution in [2.75, 3.05) is 26.7 Å². The van der Waals surface area contributed by atoms with Crippen molar-refractivity contribution in [1.29, 1.82) is 0 Å². The van der Waals surface area contributed by atoms with Gasteiger partial charge in [0, 0.05) is 31.5 Å². The van der Waals surface area contributed by atoms with Crippen molar-refractivity contribution in [2.45, 2.75) is 19.3 Å². The molecule has 1 heterocycles. The minimum absolute atomic E-state index is 0. The maximum absolute atomic E-state index is 12.1. The van der Waals surface area contributed by atoms with E-state index in [4.69, 9.17) is 0 Å².